The van der Waals surface area contributed by atoms with E-state index in [4.69, 9.17) is 4.74 Å². The minimum atomic E-state index is -0.430. The van der Waals surface area contributed by atoms with Crippen LogP contribution in [-0.2, 0) is 4.74 Å². The zero-order chi connectivity index (χ0) is 8.69. The van der Waals surface area contributed by atoms with Gasteiger partial charge in [-0.05, 0) is 18.5 Å². The average Bonchev–Trinajstić information content (AvgIpc) is 1.87. The number of rotatable bonds is 4. The molecule has 0 rings (SSSR count). The number of carbonyl (C=O) groups is 1. The topological polar surface area (TPSA) is 38.3 Å². The second-order valence-electron chi connectivity index (χ2n) is 2.67. The van der Waals surface area contributed by atoms with Gasteiger partial charge in [0.25, 0.3) is 0 Å². The highest BCUT2D eigenvalue weighted by atomic mass is 16.5. The minimum absolute atomic E-state index is 0.430. The van der Waals surface area contributed by atoms with Crippen molar-refractivity contribution in [1.82, 2.24) is 5.32 Å². The summed E-state index contributed by atoms with van der Waals surface area (Å²) in [7, 11) is 0. The maximum absolute atomic E-state index is 10.6. The molecule has 0 saturated heterocycles. The monoisotopic (exact) mass is 157 g/mol. The number of carbonyl (C=O) groups excluding carboxylic acids is 1. The van der Waals surface area contributed by atoms with Crippen molar-refractivity contribution < 1.29 is 9.53 Å². The van der Waals surface area contributed by atoms with Crippen molar-refractivity contribution in [2.75, 3.05) is 6.61 Å². The maximum atomic E-state index is 10.6. The van der Waals surface area contributed by atoms with Crippen LogP contribution < -0.4 is 5.32 Å². The van der Waals surface area contributed by atoms with Gasteiger partial charge in [0.15, 0.2) is 0 Å². The lowest BCUT2D eigenvalue weighted by Crippen LogP contribution is -2.19. The first-order valence-corrected chi connectivity index (χ1v) is 3.71. The molecule has 0 aliphatic rings. The number of hydrogen-bond acceptors (Lipinski definition) is 2. The molecule has 0 aliphatic carbocycles. The minimum Gasteiger partial charge on any atom is -0.449 e. The van der Waals surface area contributed by atoms with Crippen LogP contribution in [0.5, 0.6) is 0 Å². The normalized spacial score (nSPS) is 9.36. The average molecular weight is 157 g/mol. The first kappa shape index (κ1) is 10.0. The third kappa shape index (κ3) is 6.90. The van der Waals surface area contributed by atoms with E-state index < -0.39 is 6.09 Å². The molecule has 0 heterocycles. The molecule has 0 spiro atoms. The lowest BCUT2D eigenvalue weighted by molar-refractivity contribution is 0.144. The number of amides is 1. The van der Waals surface area contributed by atoms with E-state index in [-0.39, 0.29) is 0 Å². The smallest absolute Gasteiger partial charge is 0.411 e. The summed E-state index contributed by atoms with van der Waals surface area (Å²) in [5, 5.41) is 2.32. The third-order valence-electron chi connectivity index (χ3n) is 1.15. The molecule has 3 heteroatoms. The van der Waals surface area contributed by atoms with E-state index in [0.29, 0.717) is 12.5 Å². The summed E-state index contributed by atoms with van der Waals surface area (Å²) >= 11 is 0. The Morgan fingerprint density at radius 3 is 2.82 bits per heavy atom. The van der Waals surface area contributed by atoms with Gasteiger partial charge in [0.1, 0.15) is 0 Å². The summed E-state index contributed by atoms with van der Waals surface area (Å²) in [5.41, 5.74) is 0. The molecule has 0 aromatic heterocycles. The van der Waals surface area contributed by atoms with E-state index >= 15 is 0 Å². The predicted molar refractivity (Wildman–Crippen MR) is 44.1 cm³/mol. The number of hydrogen-bond donors (Lipinski definition) is 1. The zero-order valence-corrected chi connectivity index (χ0v) is 7.09. The third-order valence-corrected chi connectivity index (χ3v) is 1.15. The van der Waals surface area contributed by atoms with Crippen LogP contribution in [0.2, 0.25) is 0 Å². The van der Waals surface area contributed by atoms with Crippen LogP contribution in [-0.4, -0.2) is 12.7 Å². The molecule has 0 saturated carbocycles. The zero-order valence-electron chi connectivity index (χ0n) is 7.09. The molecule has 0 atom stereocenters. The molecular formula is C8H15NO2. The molecule has 0 fully saturated rings. The fraction of sp³-hybridized carbons (Fsp3) is 0.625. The molecular weight excluding hydrogens is 142 g/mol. The highest BCUT2D eigenvalue weighted by molar-refractivity contribution is 5.68. The lowest BCUT2D eigenvalue weighted by Gasteiger charge is -2.05. The quantitative estimate of drug-likeness (QED) is 0.676. The molecule has 0 aromatic carbocycles. The standard InChI is InChI=1S/C8H15NO2/c1-4-9-8(10)11-6-5-7(2)3/h4,7H,1,5-6H2,2-3H3,(H,9,10). The van der Waals surface area contributed by atoms with E-state index in [2.05, 4.69) is 25.7 Å². The summed E-state index contributed by atoms with van der Waals surface area (Å²) in [4.78, 5) is 10.6. The molecule has 0 bridgehead atoms. The van der Waals surface area contributed by atoms with Crippen LogP contribution >= 0.6 is 0 Å². The van der Waals surface area contributed by atoms with Gasteiger partial charge in [0.2, 0.25) is 0 Å². The van der Waals surface area contributed by atoms with Gasteiger partial charge in [-0.15, -0.1) is 0 Å². The van der Waals surface area contributed by atoms with E-state index in [1.165, 1.54) is 6.20 Å². The number of nitrogens with one attached hydrogen (secondary N) is 1. The van der Waals surface area contributed by atoms with Gasteiger partial charge < -0.3 is 4.74 Å². The van der Waals surface area contributed by atoms with E-state index in [0.717, 1.165) is 6.42 Å². The Morgan fingerprint density at radius 1 is 1.73 bits per heavy atom. The van der Waals surface area contributed by atoms with Crippen molar-refractivity contribution in [3.8, 4) is 0 Å². The fourth-order valence-corrected chi connectivity index (χ4v) is 0.512. The highest BCUT2D eigenvalue weighted by Crippen LogP contribution is 1.98. The van der Waals surface area contributed by atoms with E-state index in [1.807, 2.05) is 0 Å². The van der Waals surface area contributed by atoms with Crippen molar-refractivity contribution in [2.45, 2.75) is 20.3 Å². The van der Waals surface area contributed by atoms with Crippen molar-refractivity contribution in [3.05, 3.63) is 12.8 Å². The van der Waals surface area contributed by atoms with Crippen molar-refractivity contribution in [3.63, 3.8) is 0 Å². The van der Waals surface area contributed by atoms with Crippen LogP contribution in [0.3, 0.4) is 0 Å². The van der Waals surface area contributed by atoms with Crippen LogP contribution in [0.4, 0.5) is 4.79 Å². The van der Waals surface area contributed by atoms with Crippen molar-refractivity contribution in [2.24, 2.45) is 5.92 Å². The van der Waals surface area contributed by atoms with Crippen LogP contribution in [0.1, 0.15) is 20.3 Å². The molecule has 0 radical (unpaired) electrons. The summed E-state index contributed by atoms with van der Waals surface area (Å²) < 4.78 is 4.77. The Morgan fingerprint density at radius 2 is 2.36 bits per heavy atom. The van der Waals surface area contributed by atoms with Crippen molar-refractivity contribution >= 4 is 6.09 Å². The van der Waals surface area contributed by atoms with E-state index in [1.54, 1.807) is 0 Å². The highest BCUT2D eigenvalue weighted by Gasteiger charge is 1.98. The Bertz CT molecular complexity index is 132. The van der Waals surface area contributed by atoms with Gasteiger partial charge in [-0.3, -0.25) is 5.32 Å². The summed E-state index contributed by atoms with van der Waals surface area (Å²) in [6.45, 7) is 7.96. The van der Waals surface area contributed by atoms with Gasteiger partial charge >= 0.3 is 6.09 Å². The fourth-order valence-electron chi connectivity index (χ4n) is 0.512. The molecule has 64 valence electrons. The van der Waals surface area contributed by atoms with Gasteiger partial charge in [-0.25, -0.2) is 4.79 Å². The second kappa shape index (κ2) is 5.77. The molecule has 1 N–H and O–H groups in total. The van der Waals surface area contributed by atoms with Gasteiger partial charge in [0.05, 0.1) is 6.61 Å². The first-order valence-electron chi connectivity index (χ1n) is 3.71. The van der Waals surface area contributed by atoms with Crippen LogP contribution in [0.25, 0.3) is 0 Å². The molecule has 0 aliphatic heterocycles. The molecule has 1 amide bonds. The SMILES string of the molecule is C=CNC(=O)OCCC(C)C. The van der Waals surface area contributed by atoms with Crippen molar-refractivity contribution in [1.29, 1.82) is 0 Å². The molecule has 0 aromatic rings. The largest absolute Gasteiger partial charge is 0.449 e. The Balaban J connectivity index is 3.24. The van der Waals surface area contributed by atoms with Crippen LogP contribution in [0.15, 0.2) is 12.8 Å². The van der Waals surface area contributed by atoms with Gasteiger partial charge in [0, 0.05) is 0 Å². The predicted octanol–water partition coefficient (Wildman–Crippen LogP) is 1.90. The molecule has 11 heavy (non-hydrogen) atoms. The number of ether oxygens (including phenoxy) is 1. The molecule has 0 unspecified atom stereocenters. The number of alkyl carbamates (subject to hydrolysis) is 1. The first-order chi connectivity index (χ1) is 5.16. The Kier molecular flexibility index (Phi) is 5.25. The van der Waals surface area contributed by atoms with Crippen LogP contribution in [0, 0.1) is 5.92 Å². The lowest BCUT2D eigenvalue weighted by atomic mass is 10.1. The summed E-state index contributed by atoms with van der Waals surface area (Å²) in [5.74, 6) is 0.562. The second-order valence-corrected chi connectivity index (χ2v) is 2.67. The van der Waals surface area contributed by atoms with E-state index in [9.17, 15) is 4.79 Å². The summed E-state index contributed by atoms with van der Waals surface area (Å²) in [6.07, 6.45) is 1.77. The Labute approximate surface area is 67.4 Å². The molecule has 3 nitrogen and oxygen atoms in total. The van der Waals surface area contributed by atoms with Gasteiger partial charge in [-0.2, -0.15) is 0 Å². The van der Waals surface area contributed by atoms with Gasteiger partial charge in [-0.1, -0.05) is 20.4 Å². The Hall–Kier alpha value is -0.990. The maximum Gasteiger partial charge on any atom is 0.411 e. The summed E-state index contributed by atoms with van der Waals surface area (Å²) in [6, 6.07) is 0.